The molecule has 8 unspecified atom stereocenters. The molecule has 0 rings (SSSR count). The van der Waals surface area contributed by atoms with Crippen LogP contribution in [0, 0.1) is 29.6 Å². The van der Waals surface area contributed by atoms with E-state index in [9.17, 15) is 30.0 Å². The quantitative estimate of drug-likeness (QED) is 0.0716. The number of hydrogen-bond donors (Lipinski definition) is 5. The highest BCUT2D eigenvalue weighted by Crippen LogP contribution is 2.29. The fraction of sp³-hybridized carbons (Fsp3) is 0.697. The van der Waals surface area contributed by atoms with E-state index in [1.807, 2.05) is 53.7 Å². The molecule has 0 bridgehead atoms. The Morgan fingerprint density at radius 1 is 0.929 bits per heavy atom. The van der Waals surface area contributed by atoms with E-state index in [2.05, 4.69) is 6.58 Å². The number of hydrogen-bond acceptors (Lipinski definition) is 8. The van der Waals surface area contributed by atoms with E-state index in [-0.39, 0.29) is 48.4 Å². The number of esters is 1. The molecule has 0 saturated heterocycles. The van der Waals surface area contributed by atoms with Crippen LogP contribution in [-0.2, 0) is 14.3 Å². The first-order chi connectivity index (χ1) is 19.6. The molecule has 0 aliphatic heterocycles. The Balaban J connectivity index is 5.01. The van der Waals surface area contributed by atoms with Gasteiger partial charge in [0.25, 0.3) is 0 Å². The molecule has 0 aromatic rings. The maximum absolute atomic E-state index is 11.5. The van der Waals surface area contributed by atoms with Crippen LogP contribution in [-0.4, -0.2) is 69.6 Å². The summed E-state index contributed by atoms with van der Waals surface area (Å²) in [6, 6.07) is 0. The second kappa shape index (κ2) is 21.3. The van der Waals surface area contributed by atoms with Crippen molar-refractivity contribution in [2.24, 2.45) is 35.3 Å². The summed E-state index contributed by atoms with van der Waals surface area (Å²) in [6.45, 7) is 17.1. The molecule has 1 amide bonds. The predicted octanol–water partition coefficient (Wildman–Crippen LogP) is 4.83. The van der Waals surface area contributed by atoms with Gasteiger partial charge in [-0.1, -0.05) is 83.2 Å². The topological polar surface area (TPSA) is 160 Å². The Hall–Kier alpha value is -2.46. The Bertz CT molecular complexity index is 885. The zero-order valence-corrected chi connectivity index (χ0v) is 26.7. The summed E-state index contributed by atoms with van der Waals surface area (Å²) in [5.41, 5.74) is 6.30. The number of primary amides is 1. The summed E-state index contributed by atoms with van der Waals surface area (Å²) < 4.78 is 10.2. The summed E-state index contributed by atoms with van der Waals surface area (Å²) in [4.78, 5) is 22.9. The van der Waals surface area contributed by atoms with Gasteiger partial charge in [-0.05, 0) is 39.0 Å². The highest BCUT2D eigenvalue weighted by atomic mass is 16.6. The molecule has 10 atom stereocenters. The minimum absolute atomic E-state index is 0.143. The zero-order chi connectivity index (χ0) is 32.4. The lowest BCUT2D eigenvalue weighted by molar-refractivity contribution is -0.143. The average molecular weight is 596 g/mol. The minimum Gasteiger partial charge on any atom is -0.466 e. The number of aliphatic hydroxyl groups is 4. The van der Waals surface area contributed by atoms with Crippen molar-refractivity contribution in [1.82, 2.24) is 0 Å². The third-order valence-corrected chi connectivity index (χ3v) is 7.60. The number of rotatable bonds is 21. The third-order valence-electron chi connectivity index (χ3n) is 7.60. The van der Waals surface area contributed by atoms with E-state index in [4.69, 9.17) is 15.2 Å². The molecule has 0 aromatic heterocycles. The van der Waals surface area contributed by atoms with Crippen molar-refractivity contribution < 1.29 is 39.5 Å². The maximum atomic E-state index is 11.5. The molecule has 0 saturated carbocycles. The van der Waals surface area contributed by atoms with Crippen LogP contribution in [0.1, 0.15) is 80.6 Å². The molecular weight excluding hydrogens is 538 g/mol. The summed E-state index contributed by atoms with van der Waals surface area (Å²) in [5, 5.41) is 42.4. The number of aliphatic hydroxyl groups excluding tert-OH is 4. The number of allylic oxidation sites excluding steroid dienone is 3. The number of carbonyl (C=O) groups excluding carboxylic acids is 2. The van der Waals surface area contributed by atoms with Gasteiger partial charge in [-0.25, -0.2) is 4.79 Å². The van der Waals surface area contributed by atoms with Crippen LogP contribution in [0.3, 0.4) is 0 Å². The summed E-state index contributed by atoms with van der Waals surface area (Å²) in [7, 11) is 0. The van der Waals surface area contributed by atoms with Crippen molar-refractivity contribution in [2.45, 2.75) is 111 Å². The van der Waals surface area contributed by atoms with E-state index in [0.29, 0.717) is 25.9 Å². The lowest BCUT2D eigenvalue weighted by Gasteiger charge is -2.33. The van der Waals surface area contributed by atoms with Gasteiger partial charge < -0.3 is 35.6 Å². The van der Waals surface area contributed by atoms with E-state index in [0.717, 1.165) is 5.57 Å². The number of nitrogens with two attached hydrogens (primary N) is 1. The normalized spacial score (nSPS) is 19.7. The molecule has 242 valence electrons. The van der Waals surface area contributed by atoms with Crippen molar-refractivity contribution in [2.75, 3.05) is 6.61 Å². The smallest absolute Gasteiger partial charge is 0.404 e. The summed E-state index contributed by atoms with van der Waals surface area (Å²) in [5.74, 6) is -1.43. The van der Waals surface area contributed by atoms with Crippen LogP contribution >= 0.6 is 0 Å². The fourth-order valence-corrected chi connectivity index (χ4v) is 5.23. The average Bonchev–Trinajstić information content (AvgIpc) is 2.91. The molecule has 0 fully saturated rings. The molecule has 6 N–H and O–H groups in total. The zero-order valence-electron chi connectivity index (χ0n) is 26.7. The van der Waals surface area contributed by atoms with E-state index in [1.165, 1.54) is 0 Å². The van der Waals surface area contributed by atoms with Gasteiger partial charge in [0.15, 0.2) is 0 Å². The highest BCUT2D eigenvalue weighted by Gasteiger charge is 2.33. The van der Waals surface area contributed by atoms with Crippen LogP contribution in [0.15, 0.2) is 48.6 Å². The van der Waals surface area contributed by atoms with Gasteiger partial charge in [0.05, 0.1) is 31.0 Å². The first kappa shape index (κ1) is 39.5. The SMILES string of the molecule is C=CC=C[C@H](C)C(OC(N)=O)C(C)C(O)C(C)CC(C)=CC(C)C(O)C(C)C=CC(O)C[C@H](O)CCCC(=O)OCC. The van der Waals surface area contributed by atoms with Gasteiger partial charge >= 0.3 is 12.1 Å². The fourth-order valence-electron chi connectivity index (χ4n) is 5.23. The Labute approximate surface area is 253 Å². The lowest BCUT2D eigenvalue weighted by Crippen LogP contribution is -2.41. The molecule has 9 heteroatoms. The molecule has 0 aliphatic carbocycles. The van der Waals surface area contributed by atoms with Crippen LogP contribution < -0.4 is 5.73 Å². The van der Waals surface area contributed by atoms with Crippen molar-refractivity contribution in [3.8, 4) is 0 Å². The number of carbonyl (C=O) groups is 2. The Morgan fingerprint density at radius 2 is 1.57 bits per heavy atom. The molecule has 0 aromatic carbocycles. The molecular formula is C33H57NO8. The largest absolute Gasteiger partial charge is 0.466 e. The Kier molecular flexibility index (Phi) is 20.0. The molecule has 0 radical (unpaired) electrons. The summed E-state index contributed by atoms with van der Waals surface area (Å²) in [6.07, 6.45) is 7.83. The van der Waals surface area contributed by atoms with Crippen molar-refractivity contribution in [3.05, 3.63) is 48.6 Å². The van der Waals surface area contributed by atoms with Crippen LogP contribution in [0.5, 0.6) is 0 Å². The molecule has 42 heavy (non-hydrogen) atoms. The Morgan fingerprint density at radius 3 is 2.14 bits per heavy atom. The second-order valence-electron chi connectivity index (χ2n) is 11.7. The number of amides is 1. The van der Waals surface area contributed by atoms with Crippen molar-refractivity contribution in [3.63, 3.8) is 0 Å². The first-order valence-electron chi connectivity index (χ1n) is 15.1. The molecule has 0 spiro atoms. The monoisotopic (exact) mass is 595 g/mol. The van der Waals surface area contributed by atoms with Gasteiger partial charge in [0, 0.05) is 36.5 Å². The van der Waals surface area contributed by atoms with Gasteiger partial charge in [-0.3, -0.25) is 4.79 Å². The maximum Gasteiger partial charge on any atom is 0.404 e. The molecule has 0 aliphatic rings. The molecule has 9 nitrogen and oxygen atoms in total. The first-order valence-corrected chi connectivity index (χ1v) is 15.1. The van der Waals surface area contributed by atoms with Gasteiger partial charge in [-0.2, -0.15) is 0 Å². The minimum atomic E-state index is -0.887. The van der Waals surface area contributed by atoms with Gasteiger partial charge in [0.1, 0.15) is 6.10 Å². The van der Waals surface area contributed by atoms with Crippen LogP contribution in [0.25, 0.3) is 0 Å². The van der Waals surface area contributed by atoms with Gasteiger partial charge in [-0.15, -0.1) is 0 Å². The van der Waals surface area contributed by atoms with E-state index < -0.39 is 36.6 Å². The van der Waals surface area contributed by atoms with Crippen LogP contribution in [0.2, 0.25) is 0 Å². The van der Waals surface area contributed by atoms with Gasteiger partial charge in [0.2, 0.25) is 0 Å². The second-order valence-corrected chi connectivity index (χ2v) is 11.7. The predicted molar refractivity (Wildman–Crippen MR) is 166 cm³/mol. The third kappa shape index (κ3) is 16.2. The van der Waals surface area contributed by atoms with E-state index >= 15 is 0 Å². The molecule has 0 heterocycles. The van der Waals surface area contributed by atoms with E-state index in [1.54, 1.807) is 31.2 Å². The van der Waals surface area contributed by atoms with Crippen molar-refractivity contribution >= 4 is 12.1 Å². The van der Waals surface area contributed by atoms with Crippen LogP contribution in [0.4, 0.5) is 4.79 Å². The highest BCUT2D eigenvalue weighted by molar-refractivity contribution is 5.69. The van der Waals surface area contributed by atoms with Crippen molar-refractivity contribution in [1.29, 1.82) is 0 Å². The standard InChI is InChI=1S/C33H57NO8/c1-9-11-13-23(5)32(42-33(34)40)26(8)31(39)25(7)19-21(3)18-24(6)30(38)22(4)16-17-28(36)20-27(35)14-12-15-29(37)41-10-2/h9,11,13,16-18,22-28,30-32,35-36,38-39H,1,10,12,14-15,19-20H2,2-8H3,(H2,34,40)/t22?,23-,24?,25?,26?,27+,28?,30?,31?,32?/m0/s1. The lowest BCUT2D eigenvalue weighted by atomic mass is 9.81. The number of ether oxygens (including phenoxy) is 2. The summed E-state index contributed by atoms with van der Waals surface area (Å²) >= 11 is 0.